The number of hydrogen-bond donors (Lipinski definition) is 1. The molecule has 0 aliphatic carbocycles. The molecule has 0 aromatic heterocycles. The summed E-state index contributed by atoms with van der Waals surface area (Å²) in [6.07, 6.45) is 8.88. The number of rotatable bonds is 8. The molecule has 1 fully saturated rings. The van der Waals surface area contributed by atoms with E-state index in [2.05, 4.69) is 12.2 Å². The van der Waals surface area contributed by atoms with Crippen LogP contribution in [0.25, 0.3) is 0 Å². The Kier molecular flexibility index (Phi) is 7.65. The zero-order valence-electron chi connectivity index (χ0n) is 11.4. The molecule has 0 aromatic rings. The Morgan fingerprint density at radius 2 is 1.89 bits per heavy atom. The Labute approximate surface area is 109 Å². The van der Waals surface area contributed by atoms with Crippen molar-refractivity contribution < 1.29 is 14.3 Å². The Morgan fingerprint density at radius 1 is 1.17 bits per heavy atom. The summed E-state index contributed by atoms with van der Waals surface area (Å²) in [4.78, 5) is 23.0. The fourth-order valence-electron chi connectivity index (χ4n) is 2.17. The van der Waals surface area contributed by atoms with E-state index < -0.39 is 5.97 Å². The molecule has 1 atom stereocenters. The molecule has 0 aromatic carbocycles. The Hall–Kier alpha value is -0.900. The summed E-state index contributed by atoms with van der Waals surface area (Å²) >= 11 is 0. The maximum atomic E-state index is 11.5. The second kappa shape index (κ2) is 9.09. The van der Waals surface area contributed by atoms with Crippen LogP contribution in [0.2, 0.25) is 0 Å². The van der Waals surface area contributed by atoms with Gasteiger partial charge in [0.05, 0.1) is 0 Å². The van der Waals surface area contributed by atoms with Crippen molar-refractivity contribution in [2.24, 2.45) is 0 Å². The van der Waals surface area contributed by atoms with Crippen molar-refractivity contribution in [1.29, 1.82) is 0 Å². The quantitative estimate of drug-likeness (QED) is 0.411. The predicted octanol–water partition coefficient (Wildman–Crippen LogP) is 2.56. The highest BCUT2D eigenvalue weighted by Crippen LogP contribution is 2.10. The summed E-state index contributed by atoms with van der Waals surface area (Å²) in [5.41, 5.74) is 0. The maximum absolute atomic E-state index is 11.5. The van der Waals surface area contributed by atoms with E-state index in [1.807, 2.05) is 0 Å². The highest BCUT2D eigenvalue weighted by atomic mass is 16.6. The Balaban J connectivity index is 2.01. The third kappa shape index (κ3) is 6.15. The van der Waals surface area contributed by atoms with Crippen molar-refractivity contribution in [2.45, 2.75) is 70.8 Å². The van der Waals surface area contributed by atoms with Crippen molar-refractivity contribution in [3.8, 4) is 0 Å². The van der Waals surface area contributed by atoms with Crippen molar-refractivity contribution in [1.82, 2.24) is 5.32 Å². The summed E-state index contributed by atoms with van der Waals surface area (Å²) in [5, 5.41) is 3.03. The minimum absolute atomic E-state index is 0.265. The summed E-state index contributed by atoms with van der Waals surface area (Å²) in [7, 11) is 0. The number of hydrogen-bond acceptors (Lipinski definition) is 4. The third-order valence-corrected chi connectivity index (χ3v) is 3.29. The third-order valence-electron chi connectivity index (χ3n) is 3.29. The van der Waals surface area contributed by atoms with Gasteiger partial charge in [0, 0.05) is 6.42 Å². The topological polar surface area (TPSA) is 55.4 Å². The van der Waals surface area contributed by atoms with Crippen LogP contribution in [0.1, 0.15) is 64.7 Å². The van der Waals surface area contributed by atoms with E-state index in [1.54, 1.807) is 0 Å². The molecule has 0 saturated carbocycles. The first-order valence-corrected chi connectivity index (χ1v) is 7.22. The van der Waals surface area contributed by atoms with Crippen LogP contribution in [-0.4, -0.2) is 24.5 Å². The lowest BCUT2D eigenvalue weighted by atomic mass is 10.1. The number of esters is 2. The molecule has 18 heavy (non-hydrogen) atoms. The number of carbonyl (C=O) groups is 2. The lowest BCUT2D eigenvalue weighted by molar-refractivity contribution is -0.161. The molecule has 104 valence electrons. The summed E-state index contributed by atoms with van der Waals surface area (Å²) in [6, 6.07) is -0.265. The van der Waals surface area contributed by atoms with Gasteiger partial charge in [0.2, 0.25) is 0 Å². The van der Waals surface area contributed by atoms with Crippen LogP contribution in [0.15, 0.2) is 0 Å². The van der Waals surface area contributed by atoms with Gasteiger partial charge in [-0.1, -0.05) is 39.0 Å². The van der Waals surface area contributed by atoms with Crippen molar-refractivity contribution in [2.75, 3.05) is 6.54 Å². The van der Waals surface area contributed by atoms with Gasteiger partial charge in [-0.2, -0.15) is 0 Å². The molecule has 1 aliphatic heterocycles. The van der Waals surface area contributed by atoms with E-state index >= 15 is 0 Å². The van der Waals surface area contributed by atoms with Crippen LogP contribution >= 0.6 is 0 Å². The first kappa shape index (κ1) is 15.2. The molecule has 0 bridgehead atoms. The molecule has 0 radical (unpaired) electrons. The normalized spacial score (nSPS) is 18.8. The molecule has 4 nitrogen and oxygen atoms in total. The first-order chi connectivity index (χ1) is 8.74. The van der Waals surface area contributed by atoms with Gasteiger partial charge in [-0.3, -0.25) is 4.79 Å². The molecule has 1 N–H and O–H groups in total. The van der Waals surface area contributed by atoms with E-state index in [0.717, 1.165) is 32.2 Å². The maximum Gasteiger partial charge on any atom is 0.330 e. The van der Waals surface area contributed by atoms with Gasteiger partial charge in [0.1, 0.15) is 6.04 Å². The summed E-state index contributed by atoms with van der Waals surface area (Å²) in [6.45, 7) is 3.02. The molecule has 4 heteroatoms. The first-order valence-electron chi connectivity index (χ1n) is 7.22. The number of unbranched alkanes of at least 4 members (excludes halogenated alkanes) is 5. The number of ether oxygens (including phenoxy) is 1. The van der Waals surface area contributed by atoms with E-state index in [4.69, 9.17) is 4.74 Å². The van der Waals surface area contributed by atoms with Crippen LogP contribution in [-0.2, 0) is 14.3 Å². The van der Waals surface area contributed by atoms with Crippen LogP contribution in [0, 0.1) is 0 Å². The monoisotopic (exact) mass is 255 g/mol. The van der Waals surface area contributed by atoms with Crippen molar-refractivity contribution in [3.05, 3.63) is 0 Å². The van der Waals surface area contributed by atoms with Crippen LogP contribution in [0.4, 0.5) is 0 Å². The van der Waals surface area contributed by atoms with Crippen LogP contribution in [0.5, 0.6) is 0 Å². The average Bonchev–Trinajstić information content (AvgIpc) is 2.87. The fraction of sp³-hybridized carbons (Fsp3) is 0.857. The van der Waals surface area contributed by atoms with Gasteiger partial charge in [-0.15, -0.1) is 0 Å². The van der Waals surface area contributed by atoms with E-state index in [-0.39, 0.29) is 12.0 Å². The second-order valence-corrected chi connectivity index (χ2v) is 4.96. The van der Waals surface area contributed by atoms with Gasteiger partial charge in [0.25, 0.3) is 0 Å². The SMILES string of the molecule is CCCCCCCCC(=O)OC(=O)[C@@H]1CCCN1. The lowest BCUT2D eigenvalue weighted by Crippen LogP contribution is -2.33. The van der Waals surface area contributed by atoms with Crippen LogP contribution in [0.3, 0.4) is 0 Å². The summed E-state index contributed by atoms with van der Waals surface area (Å²) < 4.78 is 4.82. The molecule has 1 rings (SSSR count). The van der Waals surface area contributed by atoms with E-state index in [9.17, 15) is 9.59 Å². The lowest BCUT2D eigenvalue weighted by Gasteiger charge is -2.08. The Morgan fingerprint density at radius 3 is 2.56 bits per heavy atom. The zero-order chi connectivity index (χ0) is 13.2. The fourth-order valence-corrected chi connectivity index (χ4v) is 2.17. The average molecular weight is 255 g/mol. The highest BCUT2D eigenvalue weighted by molar-refractivity contribution is 5.88. The molecule has 1 aliphatic rings. The minimum atomic E-state index is -0.400. The van der Waals surface area contributed by atoms with Gasteiger partial charge < -0.3 is 10.1 Å². The van der Waals surface area contributed by atoms with E-state index in [1.165, 1.54) is 25.7 Å². The number of carbonyl (C=O) groups excluding carboxylic acids is 2. The van der Waals surface area contributed by atoms with Gasteiger partial charge in [0.15, 0.2) is 0 Å². The van der Waals surface area contributed by atoms with Crippen LogP contribution < -0.4 is 5.32 Å². The molecule has 0 amide bonds. The molecular formula is C14H25NO3. The van der Waals surface area contributed by atoms with Gasteiger partial charge in [-0.25, -0.2) is 4.79 Å². The second-order valence-electron chi connectivity index (χ2n) is 4.96. The standard InChI is InChI=1S/C14H25NO3/c1-2-3-4-5-6-7-10-13(16)18-14(17)12-9-8-11-15-12/h12,15H,2-11H2,1H3/t12-/m0/s1. The predicted molar refractivity (Wildman–Crippen MR) is 70.1 cm³/mol. The zero-order valence-corrected chi connectivity index (χ0v) is 11.4. The molecule has 1 heterocycles. The van der Waals surface area contributed by atoms with Crippen molar-refractivity contribution >= 4 is 11.9 Å². The van der Waals surface area contributed by atoms with Gasteiger partial charge >= 0.3 is 11.9 Å². The number of nitrogens with one attached hydrogen (secondary N) is 1. The minimum Gasteiger partial charge on any atom is -0.392 e. The molecule has 0 unspecified atom stereocenters. The smallest absolute Gasteiger partial charge is 0.330 e. The molecule has 1 saturated heterocycles. The molecular weight excluding hydrogens is 230 g/mol. The summed E-state index contributed by atoms with van der Waals surface area (Å²) in [5.74, 6) is -0.771. The largest absolute Gasteiger partial charge is 0.392 e. The van der Waals surface area contributed by atoms with Gasteiger partial charge in [-0.05, 0) is 25.8 Å². The Bertz CT molecular complexity index is 260. The van der Waals surface area contributed by atoms with E-state index in [0.29, 0.717) is 6.42 Å². The highest BCUT2D eigenvalue weighted by Gasteiger charge is 2.25. The van der Waals surface area contributed by atoms with Crippen molar-refractivity contribution in [3.63, 3.8) is 0 Å². The molecule has 0 spiro atoms.